The summed E-state index contributed by atoms with van der Waals surface area (Å²) >= 11 is 0. The van der Waals surface area contributed by atoms with Gasteiger partial charge in [-0.2, -0.15) is 0 Å². The smallest absolute Gasteiger partial charge is 0.392 e. The van der Waals surface area contributed by atoms with Crippen LogP contribution in [0.25, 0.3) is 11.0 Å². The van der Waals surface area contributed by atoms with Gasteiger partial charge in [0.2, 0.25) is 0 Å². The average molecular weight is 413 g/mol. The third kappa shape index (κ3) is 4.70. The summed E-state index contributed by atoms with van der Waals surface area (Å²) in [5.74, 6) is 0.150. The third-order valence-electron chi connectivity index (χ3n) is 4.20. The van der Waals surface area contributed by atoms with Gasteiger partial charge in [-0.15, -0.1) is 0 Å². The number of hydrogen-bond donors (Lipinski definition) is 4. The largest absolute Gasteiger partial charge is 0.429 e. The van der Waals surface area contributed by atoms with Gasteiger partial charge in [-0.25, -0.2) is 23.0 Å². The van der Waals surface area contributed by atoms with E-state index < -0.39 is 22.2 Å². The second-order valence-corrected chi connectivity index (χ2v) is 8.34. The number of sulfonamides is 1. The molecule has 11 nitrogen and oxygen atoms in total. The minimum atomic E-state index is -4.33. The molecule has 1 aromatic carbocycles. The highest BCUT2D eigenvalue weighted by atomic mass is 32.2. The molecule has 0 bridgehead atoms. The Morgan fingerprint density at radius 2 is 2.18 bits per heavy atom. The van der Waals surface area contributed by atoms with Crippen LogP contribution in [-0.4, -0.2) is 53.0 Å². The van der Waals surface area contributed by atoms with Crippen LogP contribution in [-0.2, 0) is 19.7 Å². The van der Waals surface area contributed by atoms with Gasteiger partial charge in [-0.3, -0.25) is 0 Å². The maximum atomic E-state index is 13.0. The van der Waals surface area contributed by atoms with Crippen molar-refractivity contribution < 1.29 is 28.0 Å². The monoisotopic (exact) mass is 413 g/mol. The quantitative estimate of drug-likeness (QED) is 0.490. The van der Waals surface area contributed by atoms with Crippen LogP contribution in [0.1, 0.15) is 32.6 Å². The van der Waals surface area contributed by atoms with Crippen molar-refractivity contribution in [1.29, 1.82) is 0 Å². The number of H-pyrrole nitrogens is 1. The van der Waals surface area contributed by atoms with E-state index in [1.807, 2.05) is 0 Å². The number of nitrogens with zero attached hydrogens (tertiary/aromatic N) is 2. The van der Waals surface area contributed by atoms with Crippen LogP contribution in [0.5, 0.6) is 0 Å². The Labute approximate surface area is 161 Å². The highest BCUT2D eigenvalue weighted by Crippen LogP contribution is 2.27. The standard InChI is InChI=1S/C16H23N5O6S/c1-10(22)9-18-16(23)27-21(26-11-4-2-3-5-11)28(24,25)12-6-7-13-14(8-12)20-15(17)19-13/h6-8,10-11,22H,2-5,9H2,1H3,(H,18,23)(H3,17,19,20). The maximum absolute atomic E-state index is 13.0. The van der Waals surface area contributed by atoms with Gasteiger partial charge in [-0.1, -0.05) is 12.8 Å². The maximum Gasteiger partial charge on any atom is 0.429 e. The fourth-order valence-electron chi connectivity index (χ4n) is 2.83. The minimum absolute atomic E-state index is 0.102. The lowest BCUT2D eigenvalue weighted by atomic mass is 10.3. The molecule has 2 aromatic rings. The first-order valence-electron chi connectivity index (χ1n) is 8.87. The summed E-state index contributed by atoms with van der Waals surface area (Å²) in [6, 6.07) is 4.13. The van der Waals surface area contributed by atoms with Crippen LogP contribution in [0, 0.1) is 0 Å². The van der Waals surface area contributed by atoms with E-state index >= 15 is 0 Å². The highest BCUT2D eigenvalue weighted by molar-refractivity contribution is 7.88. The molecule has 154 valence electrons. The first kappa shape index (κ1) is 20.3. The van der Waals surface area contributed by atoms with E-state index in [4.69, 9.17) is 15.4 Å². The zero-order valence-corrected chi connectivity index (χ0v) is 16.1. The number of amides is 1. The van der Waals surface area contributed by atoms with Gasteiger partial charge >= 0.3 is 6.09 Å². The fraction of sp³-hybridized carbons (Fsp3) is 0.500. The van der Waals surface area contributed by atoms with E-state index in [-0.39, 0.29) is 28.1 Å². The van der Waals surface area contributed by atoms with Crippen molar-refractivity contribution in [3.05, 3.63) is 18.2 Å². The molecular weight excluding hydrogens is 390 g/mol. The lowest BCUT2D eigenvalue weighted by molar-refractivity contribution is -0.287. The number of aromatic nitrogens is 2. The average Bonchev–Trinajstić information content (AvgIpc) is 3.26. The number of rotatable bonds is 7. The Morgan fingerprint density at radius 3 is 2.86 bits per heavy atom. The molecule has 28 heavy (non-hydrogen) atoms. The molecule has 0 aliphatic heterocycles. The number of aliphatic hydroxyl groups is 1. The SMILES string of the molecule is CC(O)CNC(=O)ON(OC1CCCC1)S(=O)(=O)c1ccc2nc(N)[nH]c2c1. The van der Waals surface area contributed by atoms with Crippen LogP contribution < -0.4 is 11.1 Å². The van der Waals surface area contributed by atoms with Crippen molar-refractivity contribution in [1.82, 2.24) is 19.9 Å². The van der Waals surface area contributed by atoms with Gasteiger partial charge < -0.3 is 26.0 Å². The van der Waals surface area contributed by atoms with Crippen molar-refractivity contribution in [2.45, 2.75) is 49.7 Å². The molecule has 1 heterocycles. The number of aromatic amines is 1. The molecule has 1 saturated carbocycles. The van der Waals surface area contributed by atoms with Gasteiger partial charge in [-0.05, 0) is 38.0 Å². The summed E-state index contributed by atoms with van der Waals surface area (Å²) in [6.07, 6.45) is 0.835. The summed E-state index contributed by atoms with van der Waals surface area (Å²) in [4.78, 5) is 29.0. The van der Waals surface area contributed by atoms with Gasteiger partial charge in [0.1, 0.15) is 4.63 Å². The van der Waals surface area contributed by atoms with Crippen molar-refractivity contribution in [3.8, 4) is 0 Å². The molecule has 0 saturated heterocycles. The molecule has 5 N–H and O–H groups in total. The molecule has 0 spiro atoms. The van der Waals surface area contributed by atoms with Crippen molar-refractivity contribution >= 4 is 33.1 Å². The second kappa shape index (κ2) is 8.31. The predicted molar refractivity (Wildman–Crippen MR) is 99.0 cm³/mol. The van der Waals surface area contributed by atoms with Crippen LogP contribution in [0.3, 0.4) is 0 Å². The summed E-state index contributed by atoms with van der Waals surface area (Å²) < 4.78 is 26.3. The van der Waals surface area contributed by atoms with Crippen molar-refractivity contribution in [3.63, 3.8) is 0 Å². The number of benzene rings is 1. The number of fused-ring (bicyclic) bond motifs is 1. The van der Waals surface area contributed by atoms with Gasteiger partial charge in [0.15, 0.2) is 5.95 Å². The number of imidazole rings is 1. The summed E-state index contributed by atoms with van der Waals surface area (Å²) in [5, 5.41) is 11.5. The van der Waals surface area contributed by atoms with E-state index in [1.165, 1.54) is 25.1 Å². The lowest BCUT2D eigenvalue weighted by Gasteiger charge is -2.23. The molecule has 1 aliphatic carbocycles. The Balaban J connectivity index is 1.85. The number of anilines is 1. The number of carbonyl (C=O) groups excluding carboxylic acids is 1. The first-order chi connectivity index (χ1) is 13.3. The molecule has 1 atom stereocenters. The van der Waals surface area contributed by atoms with Crippen LogP contribution in [0.15, 0.2) is 23.1 Å². The molecular formula is C16H23N5O6S. The summed E-state index contributed by atoms with van der Waals surface area (Å²) in [5.41, 5.74) is 6.50. The molecule has 0 radical (unpaired) electrons. The first-order valence-corrected chi connectivity index (χ1v) is 10.3. The predicted octanol–water partition coefficient (Wildman–Crippen LogP) is 1.03. The zero-order chi connectivity index (χ0) is 20.3. The molecule has 3 rings (SSSR count). The van der Waals surface area contributed by atoms with E-state index in [9.17, 15) is 18.3 Å². The van der Waals surface area contributed by atoms with Crippen molar-refractivity contribution in [2.24, 2.45) is 0 Å². The molecule has 1 unspecified atom stereocenters. The van der Waals surface area contributed by atoms with Gasteiger partial charge in [0, 0.05) is 6.54 Å². The summed E-state index contributed by atoms with van der Waals surface area (Å²) in [6.45, 7) is 1.37. The Morgan fingerprint density at radius 1 is 1.46 bits per heavy atom. The Kier molecular flexibility index (Phi) is 6.03. The fourth-order valence-corrected chi connectivity index (χ4v) is 3.91. The molecule has 1 aromatic heterocycles. The van der Waals surface area contributed by atoms with Crippen LogP contribution in [0.2, 0.25) is 0 Å². The highest BCUT2D eigenvalue weighted by Gasteiger charge is 2.34. The summed E-state index contributed by atoms with van der Waals surface area (Å²) in [7, 11) is -4.33. The minimum Gasteiger partial charge on any atom is -0.392 e. The number of carbonyl (C=O) groups is 1. The van der Waals surface area contributed by atoms with E-state index in [0.717, 1.165) is 12.8 Å². The second-order valence-electron chi connectivity index (χ2n) is 6.62. The van der Waals surface area contributed by atoms with Crippen molar-refractivity contribution in [2.75, 3.05) is 12.3 Å². The van der Waals surface area contributed by atoms with E-state index in [0.29, 0.717) is 23.9 Å². The third-order valence-corrected chi connectivity index (χ3v) is 5.61. The number of nitrogens with one attached hydrogen (secondary N) is 2. The number of aliphatic hydroxyl groups excluding tert-OH is 1. The van der Waals surface area contributed by atoms with E-state index in [1.54, 1.807) is 0 Å². The topological polar surface area (TPSA) is 160 Å². The van der Waals surface area contributed by atoms with Crippen LogP contribution in [0.4, 0.5) is 10.7 Å². The Hall–Kier alpha value is -2.41. The van der Waals surface area contributed by atoms with Gasteiger partial charge in [0.25, 0.3) is 10.0 Å². The lowest BCUT2D eigenvalue weighted by Crippen LogP contribution is -2.41. The van der Waals surface area contributed by atoms with Gasteiger partial charge in [0.05, 0.1) is 28.1 Å². The van der Waals surface area contributed by atoms with Crippen LogP contribution >= 0.6 is 0 Å². The normalized spacial score (nSPS) is 16.5. The zero-order valence-electron chi connectivity index (χ0n) is 15.3. The number of hydrogen-bond acceptors (Lipinski definition) is 8. The van der Waals surface area contributed by atoms with E-state index in [2.05, 4.69) is 15.3 Å². The number of nitrogen functional groups attached to an aromatic ring is 1. The molecule has 12 heteroatoms. The number of nitrogens with two attached hydrogens (primary N) is 1. The molecule has 1 amide bonds. The molecule has 1 fully saturated rings. The molecule has 1 aliphatic rings. The Bertz CT molecular complexity index is 938.